The zero-order valence-electron chi connectivity index (χ0n) is 27.3. The van der Waals surface area contributed by atoms with Crippen LogP contribution < -0.4 is 10.7 Å². The number of fused-ring (bicyclic) bond motifs is 1. The first-order valence-electron chi connectivity index (χ1n) is 16.6. The third-order valence-electron chi connectivity index (χ3n) is 9.90. The van der Waals surface area contributed by atoms with E-state index in [1.165, 1.54) is 5.01 Å². The van der Waals surface area contributed by atoms with E-state index in [-0.39, 0.29) is 24.3 Å². The predicted molar refractivity (Wildman–Crippen MR) is 178 cm³/mol. The van der Waals surface area contributed by atoms with Gasteiger partial charge >= 0.3 is 0 Å². The number of carbonyl (C=O) groups excluding carboxylic acids is 4. The molecule has 2 fully saturated rings. The van der Waals surface area contributed by atoms with E-state index >= 15 is 0 Å². The van der Waals surface area contributed by atoms with E-state index in [0.29, 0.717) is 55.0 Å². The lowest BCUT2D eigenvalue weighted by Gasteiger charge is -2.49. The highest BCUT2D eigenvalue weighted by atomic mass is 35.5. The number of nitrogens with one attached hydrogen (secondary N) is 2. The van der Waals surface area contributed by atoms with Crippen LogP contribution >= 0.6 is 11.6 Å². The maximum atomic E-state index is 14.7. The van der Waals surface area contributed by atoms with Crippen molar-refractivity contribution in [2.45, 2.75) is 64.3 Å². The molecule has 2 N–H and O–H groups in total. The average molecular weight is 651 g/mol. The van der Waals surface area contributed by atoms with Gasteiger partial charge in [0.05, 0.1) is 22.6 Å². The zero-order valence-corrected chi connectivity index (χ0v) is 28.0. The molecular weight excluding hydrogens is 604 g/mol. The zero-order chi connectivity index (χ0) is 32.8. The number of hydrazine groups is 2. The van der Waals surface area contributed by atoms with Gasteiger partial charge in [-0.1, -0.05) is 55.1 Å². The number of likely N-dealkylation sites (N-methyl/N-ethyl adjacent to an activating group) is 1. The van der Waals surface area contributed by atoms with Crippen LogP contribution in [0.5, 0.6) is 0 Å². The van der Waals surface area contributed by atoms with Gasteiger partial charge < -0.3 is 10.2 Å². The Hall–Kier alpha value is -3.31. The van der Waals surface area contributed by atoms with Crippen molar-refractivity contribution in [3.63, 3.8) is 0 Å². The number of rotatable bonds is 12. The molecule has 3 aliphatic rings. The summed E-state index contributed by atoms with van der Waals surface area (Å²) in [7, 11) is 4.00. The highest BCUT2D eigenvalue weighted by Crippen LogP contribution is 2.47. The molecule has 5 rings (SSSR count). The maximum Gasteiger partial charge on any atom is 0.280 e. The Morgan fingerprint density at radius 1 is 0.957 bits per heavy atom. The number of benzene rings is 2. The smallest absolute Gasteiger partial charge is 0.280 e. The molecule has 1 aliphatic carbocycles. The number of halogens is 1. The minimum absolute atomic E-state index is 0.119. The summed E-state index contributed by atoms with van der Waals surface area (Å²) < 4.78 is 0. The van der Waals surface area contributed by atoms with Crippen molar-refractivity contribution >= 4 is 35.2 Å². The normalized spacial score (nSPS) is 19.3. The minimum atomic E-state index is -0.723. The highest BCUT2D eigenvalue weighted by Gasteiger charge is 2.52. The van der Waals surface area contributed by atoms with Gasteiger partial charge in [-0.2, -0.15) is 5.01 Å². The number of piperidine rings is 1. The van der Waals surface area contributed by atoms with Crippen molar-refractivity contribution in [2.24, 2.45) is 11.3 Å². The first-order valence-corrected chi connectivity index (χ1v) is 17.0. The second-order valence-corrected chi connectivity index (χ2v) is 13.5. The molecule has 2 aliphatic heterocycles. The molecule has 2 aromatic carbocycles. The number of nitrogens with zero attached hydrogens (tertiary/aromatic N) is 4. The average Bonchev–Trinajstić information content (AvgIpc) is 3.31. The van der Waals surface area contributed by atoms with E-state index in [1.807, 2.05) is 50.3 Å². The summed E-state index contributed by atoms with van der Waals surface area (Å²) in [6.45, 7) is 4.47. The van der Waals surface area contributed by atoms with E-state index in [2.05, 4.69) is 15.6 Å². The number of amides is 4. The van der Waals surface area contributed by atoms with Gasteiger partial charge in [-0.05, 0) is 88.9 Å². The summed E-state index contributed by atoms with van der Waals surface area (Å²) in [6, 6.07) is 13.8. The summed E-state index contributed by atoms with van der Waals surface area (Å²) >= 11 is 6.09. The lowest BCUT2D eigenvalue weighted by atomic mass is 9.63. The van der Waals surface area contributed by atoms with Crippen LogP contribution in [-0.2, 0) is 16.0 Å². The lowest BCUT2D eigenvalue weighted by molar-refractivity contribution is -0.162. The van der Waals surface area contributed by atoms with Gasteiger partial charge in [0.25, 0.3) is 17.7 Å². The topological polar surface area (TPSA) is 105 Å². The maximum absolute atomic E-state index is 14.7. The van der Waals surface area contributed by atoms with E-state index < -0.39 is 23.3 Å². The summed E-state index contributed by atoms with van der Waals surface area (Å²) in [6.07, 6.45) is 6.73. The van der Waals surface area contributed by atoms with Crippen LogP contribution in [0.15, 0.2) is 48.5 Å². The van der Waals surface area contributed by atoms with Crippen molar-refractivity contribution in [2.75, 3.05) is 46.8 Å². The molecule has 0 radical (unpaired) electrons. The van der Waals surface area contributed by atoms with Crippen LogP contribution in [-0.4, -0.2) is 96.4 Å². The molecule has 248 valence electrons. The standard InChI is InChI=1S/C35H47ClN6O4/c1-4-41(42-32(44)28-12-8-9-13-29(28)33(42)45)34(46)35(26-10-6-5-7-11-26)18-21-40(22-19-35)38-31(43)30(37-20-23-39(2)3)24-25-14-16-27(36)17-15-25/h8-9,12-17,26,30,37H,4-7,10-11,18-24H2,1-3H3,(H,38,43)/t30-/m1/s1. The van der Waals surface area contributed by atoms with Crippen LogP contribution in [0.2, 0.25) is 5.02 Å². The third-order valence-corrected chi connectivity index (χ3v) is 10.2. The van der Waals surface area contributed by atoms with Crippen LogP contribution in [0, 0.1) is 11.3 Å². The molecule has 0 spiro atoms. The van der Waals surface area contributed by atoms with Gasteiger partial charge in [0.1, 0.15) is 0 Å². The molecule has 10 nitrogen and oxygen atoms in total. The number of imide groups is 1. The molecule has 2 heterocycles. The summed E-state index contributed by atoms with van der Waals surface area (Å²) in [4.78, 5) is 57.2. The molecule has 1 saturated heterocycles. The van der Waals surface area contributed by atoms with Crippen LogP contribution in [0.1, 0.15) is 78.1 Å². The Labute approximate surface area is 277 Å². The second kappa shape index (κ2) is 15.1. The Morgan fingerprint density at radius 2 is 1.57 bits per heavy atom. The van der Waals surface area contributed by atoms with Crippen molar-refractivity contribution < 1.29 is 19.2 Å². The molecule has 11 heteroatoms. The Kier molecular flexibility index (Phi) is 11.1. The van der Waals surface area contributed by atoms with Gasteiger partial charge in [-0.3, -0.25) is 24.6 Å². The molecule has 1 atom stereocenters. The first kappa shape index (κ1) is 34.0. The number of hydrogen-bond acceptors (Lipinski definition) is 7. The minimum Gasteiger partial charge on any atom is -0.308 e. The summed E-state index contributed by atoms with van der Waals surface area (Å²) in [5.41, 5.74) is 4.09. The monoisotopic (exact) mass is 650 g/mol. The van der Waals surface area contributed by atoms with Gasteiger partial charge in [-0.25, -0.2) is 10.0 Å². The van der Waals surface area contributed by atoms with Gasteiger partial charge in [0.15, 0.2) is 0 Å². The predicted octanol–water partition coefficient (Wildman–Crippen LogP) is 4.16. The summed E-state index contributed by atoms with van der Waals surface area (Å²) in [5.74, 6) is -1.03. The lowest BCUT2D eigenvalue weighted by Crippen LogP contribution is -2.61. The number of carbonyl (C=O) groups is 4. The van der Waals surface area contributed by atoms with E-state index in [0.717, 1.165) is 49.2 Å². The Morgan fingerprint density at radius 3 is 2.13 bits per heavy atom. The van der Waals surface area contributed by atoms with Crippen LogP contribution in [0.3, 0.4) is 0 Å². The molecular formula is C35H47ClN6O4. The van der Waals surface area contributed by atoms with E-state index in [9.17, 15) is 19.2 Å². The quantitative estimate of drug-likeness (QED) is 0.333. The fourth-order valence-corrected chi connectivity index (χ4v) is 7.43. The fourth-order valence-electron chi connectivity index (χ4n) is 7.31. The SMILES string of the molecule is CCN(C(=O)C1(C2CCCCC2)CCN(NC(=O)[C@@H](Cc2ccc(Cl)cc2)NCCN(C)C)CC1)N1C(=O)c2ccccc2C1=O. The third kappa shape index (κ3) is 7.30. The Balaban J connectivity index is 1.31. The molecule has 0 aromatic heterocycles. The van der Waals surface area contributed by atoms with Crippen molar-refractivity contribution in [3.05, 3.63) is 70.2 Å². The van der Waals surface area contributed by atoms with Gasteiger partial charge in [-0.15, -0.1) is 0 Å². The van der Waals surface area contributed by atoms with E-state index in [4.69, 9.17) is 11.6 Å². The Bertz CT molecular complexity index is 1370. The molecule has 2 aromatic rings. The second-order valence-electron chi connectivity index (χ2n) is 13.1. The van der Waals surface area contributed by atoms with Crippen LogP contribution in [0.4, 0.5) is 0 Å². The largest absolute Gasteiger partial charge is 0.308 e. The van der Waals surface area contributed by atoms with Crippen molar-refractivity contribution in [3.8, 4) is 0 Å². The molecule has 1 saturated carbocycles. The van der Waals surface area contributed by atoms with E-state index in [1.54, 1.807) is 24.3 Å². The van der Waals surface area contributed by atoms with Crippen molar-refractivity contribution in [1.29, 1.82) is 0 Å². The number of hydrogen-bond donors (Lipinski definition) is 2. The fraction of sp³-hybridized carbons (Fsp3) is 0.543. The van der Waals surface area contributed by atoms with Crippen molar-refractivity contribution in [1.82, 2.24) is 30.7 Å². The van der Waals surface area contributed by atoms with Crippen LogP contribution in [0.25, 0.3) is 0 Å². The molecule has 4 amide bonds. The highest BCUT2D eigenvalue weighted by molar-refractivity contribution is 6.30. The summed E-state index contributed by atoms with van der Waals surface area (Å²) in [5, 5.41) is 8.45. The molecule has 0 unspecified atom stereocenters. The molecule has 46 heavy (non-hydrogen) atoms. The molecule has 0 bridgehead atoms. The first-order chi connectivity index (χ1) is 22.1. The van der Waals surface area contributed by atoms with Gasteiger partial charge in [0.2, 0.25) is 5.91 Å². The van der Waals surface area contributed by atoms with Gasteiger partial charge in [0, 0.05) is 37.7 Å².